The van der Waals surface area contributed by atoms with Crippen molar-refractivity contribution in [2.45, 2.75) is 95.9 Å². The SMILES string of the molecule is CC(C)(C)OC(=O)N[C@@H](Cc1ccccc1)[C@H](O)C(=O)N1CCC[C@H]1C(=O)NCC1CCCCC1. The molecular weight excluding hydrogens is 446 g/mol. The molecular formula is C27H41N3O5. The summed E-state index contributed by atoms with van der Waals surface area (Å²) in [5.41, 5.74) is 0.149. The van der Waals surface area contributed by atoms with Crippen molar-refractivity contribution in [1.29, 1.82) is 0 Å². The summed E-state index contributed by atoms with van der Waals surface area (Å²) in [5.74, 6) is -0.206. The number of hydrogen-bond acceptors (Lipinski definition) is 5. The van der Waals surface area contributed by atoms with Crippen LogP contribution in [0.3, 0.4) is 0 Å². The fourth-order valence-electron chi connectivity index (χ4n) is 4.97. The average Bonchev–Trinajstić information content (AvgIpc) is 3.31. The van der Waals surface area contributed by atoms with Crippen LogP contribution in [-0.2, 0) is 20.7 Å². The first-order valence-electron chi connectivity index (χ1n) is 12.9. The van der Waals surface area contributed by atoms with E-state index in [2.05, 4.69) is 10.6 Å². The molecule has 0 unspecified atom stereocenters. The zero-order valence-corrected chi connectivity index (χ0v) is 21.3. The van der Waals surface area contributed by atoms with Crippen LogP contribution in [0.25, 0.3) is 0 Å². The number of nitrogens with zero attached hydrogens (tertiary/aromatic N) is 1. The Bertz CT molecular complexity index is 848. The Hall–Kier alpha value is -2.61. The van der Waals surface area contributed by atoms with Gasteiger partial charge >= 0.3 is 6.09 Å². The van der Waals surface area contributed by atoms with Gasteiger partial charge in [0.1, 0.15) is 11.6 Å². The summed E-state index contributed by atoms with van der Waals surface area (Å²) in [5, 5.41) is 16.8. The van der Waals surface area contributed by atoms with Crippen LogP contribution in [0, 0.1) is 5.92 Å². The third-order valence-corrected chi connectivity index (χ3v) is 6.76. The molecule has 1 aliphatic heterocycles. The van der Waals surface area contributed by atoms with E-state index in [1.165, 1.54) is 24.2 Å². The van der Waals surface area contributed by atoms with Gasteiger partial charge in [-0.1, -0.05) is 49.6 Å². The average molecular weight is 488 g/mol. The van der Waals surface area contributed by atoms with Crippen molar-refractivity contribution in [3.63, 3.8) is 0 Å². The summed E-state index contributed by atoms with van der Waals surface area (Å²) in [4.78, 5) is 40.3. The van der Waals surface area contributed by atoms with Crippen LogP contribution in [0.4, 0.5) is 4.79 Å². The van der Waals surface area contributed by atoms with Crippen LogP contribution >= 0.6 is 0 Å². The Morgan fingerprint density at radius 3 is 2.40 bits per heavy atom. The highest BCUT2D eigenvalue weighted by Gasteiger charge is 2.40. The van der Waals surface area contributed by atoms with Gasteiger partial charge in [-0.05, 0) is 64.4 Å². The largest absolute Gasteiger partial charge is 0.444 e. The molecule has 1 saturated heterocycles. The second kappa shape index (κ2) is 12.4. The molecule has 1 heterocycles. The van der Waals surface area contributed by atoms with E-state index >= 15 is 0 Å². The summed E-state index contributed by atoms with van der Waals surface area (Å²) in [6.07, 6.45) is 5.23. The topological polar surface area (TPSA) is 108 Å². The molecule has 1 aliphatic carbocycles. The second-order valence-electron chi connectivity index (χ2n) is 10.8. The van der Waals surface area contributed by atoms with Crippen molar-refractivity contribution < 1.29 is 24.2 Å². The molecule has 194 valence electrons. The van der Waals surface area contributed by atoms with Crippen LogP contribution in [-0.4, -0.2) is 64.8 Å². The van der Waals surface area contributed by atoms with Gasteiger partial charge < -0.3 is 25.4 Å². The summed E-state index contributed by atoms with van der Waals surface area (Å²) in [6, 6.07) is 7.85. The fourth-order valence-corrected chi connectivity index (χ4v) is 4.97. The predicted octanol–water partition coefficient (Wildman–Crippen LogP) is 3.17. The Balaban J connectivity index is 1.66. The van der Waals surface area contributed by atoms with Crippen molar-refractivity contribution in [3.8, 4) is 0 Å². The first-order valence-corrected chi connectivity index (χ1v) is 12.9. The van der Waals surface area contributed by atoms with Crippen molar-refractivity contribution in [3.05, 3.63) is 35.9 Å². The predicted molar refractivity (Wildman–Crippen MR) is 134 cm³/mol. The summed E-state index contributed by atoms with van der Waals surface area (Å²) >= 11 is 0. The molecule has 3 rings (SSSR count). The first kappa shape index (κ1) is 27.0. The third kappa shape index (κ3) is 8.23. The molecule has 1 aromatic rings. The normalized spacial score (nSPS) is 20.7. The van der Waals surface area contributed by atoms with Gasteiger partial charge in [-0.2, -0.15) is 0 Å². The Labute approximate surface area is 208 Å². The number of rotatable bonds is 8. The molecule has 1 aromatic carbocycles. The van der Waals surface area contributed by atoms with Crippen LogP contribution in [0.1, 0.15) is 71.3 Å². The molecule has 0 bridgehead atoms. The van der Waals surface area contributed by atoms with Gasteiger partial charge in [0.05, 0.1) is 6.04 Å². The number of ether oxygens (including phenoxy) is 1. The Kier molecular flexibility index (Phi) is 9.55. The molecule has 3 N–H and O–H groups in total. The molecule has 2 fully saturated rings. The number of amides is 3. The van der Waals surface area contributed by atoms with E-state index in [9.17, 15) is 19.5 Å². The quantitative estimate of drug-likeness (QED) is 0.522. The first-order chi connectivity index (χ1) is 16.6. The van der Waals surface area contributed by atoms with Crippen LogP contribution in [0.2, 0.25) is 0 Å². The zero-order valence-electron chi connectivity index (χ0n) is 21.3. The third-order valence-electron chi connectivity index (χ3n) is 6.76. The van der Waals surface area contributed by atoms with E-state index in [1.54, 1.807) is 20.8 Å². The van der Waals surface area contributed by atoms with E-state index in [1.807, 2.05) is 30.3 Å². The Morgan fingerprint density at radius 2 is 1.74 bits per heavy atom. The van der Waals surface area contributed by atoms with Gasteiger partial charge in [-0.3, -0.25) is 9.59 Å². The van der Waals surface area contributed by atoms with Crippen molar-refractivity contribution in [2.75, 3.05) is 13.1 Å². The van der Waals surface area contributed by atoms with Gasteiger partial charge in [0.25, 0.3) is 5.91 Å². The lowest BCUT2D eigenvalue weighted by Crippen LogP contribution is -2.56. The minimum atomic E-state index is -1.51. The maximum atomic E-state index is 13.4. The highest BCUT2D eigenvalue weighted by atomic mass is 16.6. The highest BCUT2D eigenvalue weighted by Crippen LogP contribution is 2.24. The molecule has 0 radical (unpaired) electrons. The number of nitrogens with one attached hydrogen (secondary N) is 2. The van der Waals surface area contributed by atoms with Gasteiger partial charge in [-0.25, -0.2) is 4.79 Å². The number of carbonyl (C=O) groups is 3. The summed E-state index contributed by atoms with van der Waals surface area (Å²) in [7, 11) is 0. The number of likely N-dealkylation sites (tertiary alicyclic amines) is 1. The van der Waals surface area contributed by atoms with Gasteiger partial charge in [0, 0.05) is 13.1 Å². The molecule has 3 amide bonds. The van der Waals surface area contributed by atoms with E-state index in [0.29, 0.717) is 31.8 Å². The van der Waals surface area contributed by atoms with Gasteiger partial charge in [0.2, 0.25) is 5.91 Å². The summed E-state index contributed by atoms with van der Waals surface area (Å²) < 4.78 is 5.36. The number of benzene rings is 1. The van der Waals surface area contributed by atoms with Crippen LogP contribution in [0.15, 0.2) is 30.3 Å². The number of alkyl carbamates (subject to hydrolysis) is 1. The number of aliphatic hydroxyl groups is 1. The van der Waals surface area contributed by atoms with Gasteiger partial charge in [0.15, 0.2) is 6.10 Å². The monoisotopic (exact) mass is 487 g/mol. The maximum absolute atomic E-state index is 13.4. The summed E-state index contributed by atoms with van der Waals surface area (Å²) in [6.45, 7) is 6.29. The van der Waals surface area contributed by atoms with E-state index < -0.39 is 35.8 Å². The fraction of sp³-hybridized carbons (Fsp3) is 0.667. The smallest absolute Gasteiger partial charge is 0.407 e. The second-order valence-corrected chi connectivity index (χ2v) is 10.8. The Morgan fingerprint density at radius 1 is 1.06 bits per heavy atom. The molecule has 3 atom stereocenters. The molecule has 35 heavy (non-hydrogen) atoms. The lowest BCUT2D eigenvalue weighted by molar-refractivity contribution is -0.146. The van der Waals surface area contributed by atoms with Crippen LogP contribution in [0.5, 0.6) is 0 Å². The van der Waals surface area contributed by atoms with Crippen molar-refractivity contribution in [1.82, 2.24) is 15.5 Å². The highest BCUT2D eigenvalue weighted by molar-refractivity contribution is 5.90. The number of aliphatic hydroxyl groups excluding tert-OH is 1. The standard InChI is InChI=1S/C27H41N3O5/c1-27(2,3)35-26(34)29-21(17-19-11-6-4-7-12-19)23(31)25(33)30-16-10-15-22(30)24(32)28-18-20-13-8-5-9-14-20/h4,6-7,11-12,20-23,31H,5,8-10,13-18H2,1-3H3,(H,28,32)(H,29,34)/t21-,22-,23-/m0/s1. The molecule has 1 saturated carbocycles. The molecule has 8 heteroatoms. The van der Waals surface area contributed by atoms with E-state index in [-0.39, 0.29) is 12.3 Å². The van der Waals surface area contributed by atoms with Crippen molar-refractivity contribution >= 4 is 17.9 Å². The maximum Gasteiger partial charge on any atom is 0.407 e. The number of hydrogen-bond donors (Lipinski definition) is 3. The number of carbonyl (C=O) groups excluding carboxylic acids is 3. The molecule has 0 aromatic heterocycles. The van der Waals surface area contributed by atoms with Gasteiger partial charge in [-0.15, -0.1) is 0 Å². The van der Waals surface area contributed by atoms with Crippen molar-refractivity contribution in [2.24, 2.45) is 5.92 Å². The molecule has 8 nitrogen and oxygen atoms in total. The lowest BCUT2D eigenvalue weighted by Gasteiger charge is -2.31. The van der Waals surface area contributed by atoms with E-state index in [4.69, 9.17) is 4.74 Å². The zero-order chi connectivity index (χ0) is 25.4. The minimum Gasteiger partial charge on any atom is -0.444 e. The van der Waals surface area contributed by atoms with Crippen LogP contribution < -0.4 is 10.6 Å². The lowest BCUT2D eigenvalue weighted by atomic mass is 9.89. The minimum absolute atomic E-state index is 0.159. The molecule has 2 aliphatic rings. The van der Waals surface area contributed by atoms with E-state index in [0.717, 1.165) is 18.4 Å². The molecule has 0 spiro atoms.